The third-order valence-electron chi connectivity index (χ3n) is 2.80. The molecule has 6 nitrogen and oxygen atoms in total. The van der Waals surface area contributed by atoms with Crippen LogP contribution < -0.4 is 10.2 Å². The minimum Gasteiger partial charge on any atom is -0.481 e. The average Bonchev–Trinajstić information content (AvgIpc) is 2.28. The molecule has 0 aromatic carbocycles. The summed E-state index contributed by atoms with van der Waals surface area (Å²) in [6.45, 7) is 9.53. The molecule has 1 heterocycles. The molecule has 6 heteroatoms. The second kappa shape index (κ2) is 6.36. The minimum absolute atomic E-state index is 0.0254. The molecule has 0 bridgehead atoms. The van der Waals surface area contributed by atoms with Gasteiger partial charge in [0.25, 0.3) is 0 Å². The van der Waals surface area contributed by atoms with E-state index in [-0.39, 0.29) is 6.42 Å². The van der Waals surface area contributed by atoms with Crippen LogP contribution in [0.5, 0.6) is 0 Å². The zero-order valence-corrected chi connectivity index (χ0v) is 12.0. The van der Waals surface area contributed by atoms with Gasteiger partial charge in [0.2, 0.25) is 0 Å². The Morgan fingerprint density at radius 1 is 1.37 bits per heavy atom. The third kappa shape index (κ3) is 4.73. The van der Waals surface area contributed by atoms with Crippen molar-refractivity contribution in [2.45, 2.75) is 39.7 Å². The quantitative estimate of drug-likeness (QED) is 0.785. The number of carboxylic acids is 1. The van der Waals surface area contributed by atoms with Gasteiger partial charge in [0.15, 0.2) is 0 Å². The van der Waals surface area contributed by atoms with Gasteiger partial charge in [0.1, 0.15) is 18.0 Å². The maximum Gasteiger partial charge on any atom is 0.305 e. The van der Waals surface area contributed by atoms with E-state index in [2.05, 4.69) is 34.0 Å². The number of aliphatic carboxylic acids is 1. The van der Waals surface area contributed by atoms with E-state index in [1.165, 1.54) is 6.33 Å². The molecule has 0 aliphatic rings. The highest BCUT2D eigenvalue weighted by Crippen LogP contribution is 2.19. The smallest absolute Gasteiger partial charge is 0.305 e. The molecular formula is C13H22N4O2. The van der Waals surface area contributed by atoms with Crippen molar-refractivity contribution >= 4 is 17.6 Å². The summed E-state index contributed by atoms with van der Waals surface area (Å²) in [6, 6.07) is 1.84. The number of nitrogens with zero attached hydrogens (tertiary/aromatic N) is 3. The van der Waals surface area contributed by atoms with Gasteiger partial charge in [0.05, 0.1) is 6.42 Å². The van der Waals surface area contributed by atoms with Gasteiger partial charge in [0, 0.05) is 24.7 Å². The molecule has 0 fully saturated rings. The lowest BCUT2D eigenvalue weighted by atomic mass is 10.0. The fourth-order valence-corrected chi connectivity index (χ4v) is 1.90. The Morgan fingerprint density at radius 2 is 2.00 bits per heavy atom. The summed E-state index contributed by atoms with van der Waals surface area (Å²) < 4.78 is 0. The van der Waals surface area contributed by atoms with Crippen LogP contribution in [-0.4, -0.2) is 39.7 Å². The number of hydrogen-bond acceptors (Lipinski definition) is 5. The SMILES string of the molecule is CCN(CC)c1cc(NC(C)(C)CC(=O)O)ncn1. The number of carbonyl (C=O) groups is 1. The molecule has 1 rings (SSSR count). The standard InChI is InChI=1S/C13H22N4O2/c1-5-17(6-2)11-7-10(14-9-15-11)16-13(3,4)8-12(18)19/h7,9H,5-6,8H2,1-4H3,(H,18,19)(H,14,15,16). The normalized spacial score (nSPS) is 11.2. The highest BCUT2D eigenvalue weighted by molar-refractivity contribution is 5.69. The lowest BCUT2D eigenvalue weighted by Crippen LogP contribution is -2.34. The summed E-state index contributed by atoms with van der Waals surface area (Å²) in [5.74, 6) is 0.646. The van der Waals surface area contributed by atoms with E-state index < -0.39 is 11.5 Å². The van der Waals surface area contributed by atoms with Crippen molar-refractivity contribution in [3.05, 3.63) is 12.4 Å². The van der Waals surface area contributed by atoms with Gasteiger partial charge in [-0.2, -0.15) is 0 Å². The first kappa shape index (κ1) is 15.2. The van der Waals surface area contributed by atoms with E-state index in [0.717, 1.165) is 18.9 Å². The maximum atomic E-state index is 10.8. The van der Waals surface area contributed by atoms with Crippen molar-refractivity contribution < 1.29 is 9.90 Å². The van der Waals surface area contributed by atoms with Gasteiger partial charge < -0.3 is 15.3 Å². The molecule has 0 aliphatic heterocycles. The van der Waals surface area contributed by atoms with Crippen LogP contribution in [0.1, 0.15) is 34.1 Å². The topological polar surface area (TPSA) is 78.4 Å². The predicted molar refractivity (Wildman–Crippen MR) is 75.5 cm³/mol. The summed E-state index contributed by atoms with van der Waals surface area (Å²) in [4.78, 5) is 21.3. The van der Waals surface area contributed by atoms with E-state index in [9.17, 15) is 4.79 Å². The molecule has 0 radical (unpaired) electrons. The van der Waals surface area contributed by atoms with Crippen LogP contribution in [0, 0.1) is 0 Å². The van der Waals surface area contributed by atoms with Crippen molar-refractivity contribution in [3.8, 4) is 0 Å². The molecule has 106 valence electrons. The van der Waals surface area contributed by atoms with Crippen molar-refractivity contribution in [3.63, 3.8) is 0 Å². The Kier molecular flexibility index (Phi) is 5.09. The molecule has 0 unspecified atom stereocenters. The first-order valence-electron chi connectivity index (χ1n) is 6.45. The van der Waals surface area contributed by atoms with Crippen molar-refractivity contribution in [2.24, 2.45) is 0 Å². The van der Waals surface area contributed by atoms with Gasteiger partial charge >= 0.3 is 5.97 Å². The van der Waals surface area contributed by atoms with Crippen molar-refractivity contribution in [1.82, 2.24) is 9.97 Å². The van der Waals surface area contributed by atoms with Crippen LogP contribution in [0.2, 0.25) is 0 Å². The Balaban J connectivity index is 2.85. The average molecular weight is 266 g/mol. The van der Waals surface area contributed by atoms with Crippen LogP contribution in [0.4, 0.5) is 11.6 Å². The second-order valence-electron chi connectivity index (χ2n) is 5.01. The lowest BCUT2D eigenvalue weighted by Gasteiger charge is -2.26. The number of aromatic nitrogens is 2. The van der Waals surface area contributed by atoms with E-state index in [0.29, 0.717) is 5.82 Å². The fourth-order valence-electron chi connectivity index (χ4n) is 1.90. The van der Waals surface area contributed by atoms with Crippen molar-refractivity contribution in [1.29, 1.82) is 0 Å². The second-order valence-corrected chi connectivity index (χ2v) is 5.01. The van der Waals surface area contributed by atoms with Crippen LogP contribution in [0.3, 0.4) is 0 Å². The van der Waals surface area contributed by atoms with Gasteiger partial charge in [-0.05, 0) is 27.7 Å². The molecular weight excluding hydrogens is 244 g/mol. The van der Waals surface area contributed by atoms with Gasteiger partial charge in [-0.25, -0.2) is 9.97 Å². The number of anilines is 2. The van der Waals surface area contributed by atoms with Crippen LogP contribution in [-0.2, 0) is 4.79 Å². The molecule has 1 aromatic heterocycles. The fraction of sp³-hybridized carbons (Fsp3) is 0.615. The first-order chi connectivity index (χ1) is 8.88. The predicted octanol–water partition coefficient (Wildman–Crippen LogP) is 1.99. The molecule has 1 aromatic rings. The molecule has 0 aliphatic carbocycles. The largest absolute Gasteiger partial charge is 0.481 e. The number of hydrogen-bond donors (Lipinski definition) is 2. The number of nitrogens with one attached hydrogen (secondary N) is 1. The van der Waals surface area contributed by atoms with E-state index in [4.69, 9.17) is 5.11 Å². The zero-order valence-electron chi connectivity index (χ0n) is 12.0. The summed E-state index contributed by atoms with van der Waals surface area (Å²) in [7, 11) is 0. The maximum absolute atomic E-state index is 10.8. The molecule has 2 N–H and O–H groups in total. The van der Waals surface area contributed by atoms with E-state index >= 15 is 0 Å². The number of rotatable bonds is 7. The van der Waals surface area contributed by atoms with E-state index in [1.807, 2.05) is 19.9 Å². The van der Waals surface area contributed by atoms with Crippen LogP contribution in [0.15, 0.2) is 12.4 Å². The summed E-state index contributed by atoms with van der Waals surface area (Å²) in [6.07, 6.45) is 1.52. The van der Waals surface area contributed by atoms with Crippen LogP contribution in [0.25, 0.3) is 0 Å². The lowest BCUT2D eigenvalue weighted by molar-refractivity contribution is -0.137. The van der Waals surface area contributed by atoms with Gasteiger partial charge in [-0.3, -0.25) is 4.79 Å². The van der Waals surface area contributed by atoms with Gasteiger partial charge in [-0.1, -0.05) is 0 Å². The Bertz CT molecular complexity index is 430. The summed E-state index contributed by atoms with van der Waals surface area (Å²) in [5, 5.41) is 12.0. The molecule has 0 saturated carbocycles. The zero-order chi connectivity index (χ0) is 14.5. The molecule has 0 saturated heterocycles. The van der Waals surface area contributed by atoms with Crippen LogP contribution >= 0.6 is 0 Å². The molecule has 0 atom stereocenters. The number of carboxylic acid groups (broad SMARTS) is 1. The van der Waals surface area contributed by atoms with Gasteiger partial charge in [-0.15, -0.1) is 0 Å². The first-order valence-corrected chi connectivity index (χ1v) is 6.45. The minimum atomic E-state index is -0.837. The molecule has 0 spiro atoms. The Labute approximate surface area is 113 Å². The monoisotopic (exact) mass is 266 g/mol. The highest BCUT2D eigenvalue weighted by Gasteiger charge is 2.22. The van der Waals surface area contributed by atoms with E-state index in [1.54, 1.807) is 0 Å². The summed E-state index contributed by atoms with van der Waals surface area (Å²) >= 11 is 0. The Morgan fingerprint density at radius 3 is 2.53 bits per heavy atom. The Hall–Kier alpha value is -1.85. The van der Waals surface area contributed by atoms with Crippen molar-refractivity contribution in [2.75, 3.05) is 23.3 Å². The molecule has 0 amide bonds. The summed E-state index contributed by atoms with van der Waals surface area (Å²) in [5.41, 5.74) is -0.555. The third-order valence-corrected chi connectivity index (χ3v) is 2.80. The highest BCUT2D eigenvalue weighted by atomic mass is 16.4. The molecule has 19 heavy (non-hydrogen) atoms.